The molecule has 9 heteroatoms. The number of nitrogens with one attached hydrogen (secondary N) is 1. The number of halogens is 2. The van der Waals surface area contributed by atoms with E-state index in [0.29, 0.717) is 11.4 Å². The summed E-state index contributed by atoms with van der Waals surface area (Å²) >= 11 is 0. The number of fused-ring (bicyclic) bond motifs is 1. The first-order valence-electron chi connectivity index (χ1n) is 8.33. The molecule has 3 rings (SSSR count). The van der Waals surface area contributed by atoms with Gasteiger partial charge in [-0.2, -0.15) is 13.9 Å². The number of imidazole rings is 1. The Balaban J connectivity index is 1.63. The van der Waals surface area contributed by atoms with Gasteiger partial charge in [-0.3, -0.25) is 4.79 Å². The Morgan fingerprint density at radius 1 is 1.29 bits per heavy atom. The fourth-order valence-corrected chi connectivity index (χ4v) is 2.67. The van der Waals surface area contributed by atoms with Gasteiger partial charge < -0.3 is 14.0 Å². The van der Waals surface area contributed by atoms with Gasteiger partial charge in [0.25, 0.3) is 0 Å². The molecule has 1 heterocycles. The highest BCUT2D eigenvalue weighted by Gasteiger charge is 2.12. The Bertz CT molecular complexity index is 1020. The summed E-state index contributed by atoms with van der Waals surface area (Å²) in [6.45, 7) is -2.95. The van der Waals surface area contributed by atoms with Crippen LogP contribution in [-0.4, -0.2) is 35.4 Å². The maximum absolute atomic E-state index is 12.3. The molecular weight excluding hydrogens is 370 g/mol. The Kier molecular flexibility index (Phi) is 5.83. The lowest BCUT2D eigenvalue weighted by molar-refractivity contribution is -0.120. The summed E-state index contributed by atoms with van der Waals surface area (Å²) in [6.07, 6.45) is 1.44. The summed E-state index contributed by atoms with van der Waals surface area (Å²) in [4.78, 5) is 16.6. The number of carbonyl (C=O) groups is 1. The van der Waals surface area contributed by atoms with Crippen molar-refractivity contribution in [2.24, 2.45) is 12.1 Å². The Labute approximate surface area is 159 Å². The highest BCUT2D eigenvalue weighted by molar-refractivity contribution is 5.84. The van der Waals surface area contributed by atoms with Crippen LogP contribution >= 0.6 is 0 Å². The quantitative estimate of drug-likeness (QED) is 0.499. The average Bonchev–Trinajstić information content (AvgIpc) is 2.98. The van der Waals surface area contributed by atoms with Crippen molar-refractivity contribution in [3.63, 3.8) is 0 Å². The van der Waals surface area contributed by atoms with Crippen LogP contribution in [0.15, 0.2) is 47.6 Å². The third kappa shape index (κ3) is 4.43. The van der Waals surface area contributed by atoms with Gasteiger partial charge in [0.05, 0.1) is 30.8 Å². The summed E-state index contributed by atoms with van der Waals surface area (Å²) in [6, 6.07) is 11.9. The number of methoxy groups -OCH3 is 1. The van der Waals surface area contributed by atoms with Gasteiger partial charge in [0.1, 0.15) is 5.82 Å². The molecule has 0 spiro atoms. The zero-order valence-electron chi connectivity index (χ0n) is 15.2. The Morgan fingerprint density at radius 2 is 2.07 bits per heavy atom. The van der Waals surface area contributed by atoms with Crippen LogP contribution in [0.4, 0.5) is 8.78 Å². The molecule has 28 heavy (non-hydrogen) atoms. The van der Waals surface area contributed by atoms with Gasteiger partial charge in [0, 0.05) is 7.05 Å². The van der Waals surface area contributed by atoms with Crippen molar-refractivity contribution < 1.29 is 23.0 Å². The summed E-state index contributed by atoms with van der Waals surface area (Å²) in [5, 5.41) is 3.88. The second-order valence-electron chi connectivity index (χ2n) is 5.83. The second kappa shape index (κ2) is 8.47. The van der Waals surface area contributed by atoms with Crippen molar-refractivity contribution in [2.45, 2.75) is 13.0 Å². The minimum absolute atomic E-state index is 0.0625. The zero-order chi connectivity index (χ0) is 20.1. The molecule has 0 aliphatic rings. The summed E-state index contributed by atoms with van der Waals surface area (Å²) in [5.74, 6) is 0.333. The molecular formula is C19H18F2N4O3. The number of para-hydroxylation sites is 2. The predicted molar refractivity (Wildman–Crippen MR) is 99.8 cm³/mol. The van der Waals surface area contributed by atoms with Crippen molar-refractivity contribution in [3.05, 3.63) is 53.9 Å². The van der Waals surface area contributed by atoms with E-state index in [1.807, 2.05) is 35.9 Å². The standard InChI is InChI=1S/C19H18F2N4O3/c1-25-14-6-4-3-5-13(14)23-17(25)10-18(26)24-22-11-12-7-8-15(28-19(20)21)16(9-12)27-2/h3-9,11,19H,10H2,1-2H3,(H,24,26)/b22-11-. The number of hydrogen-bond acceptors (Lipinski definition) is 5. The van der Waals surface area contributed by atoms with Crippen LogP contribution in [0.5, 0.6) is 11.5 Å². The second-order valence-corrected chi connectivity index (χ2v) is 5.83. The number of aromatic nitrogens is 2. The van der Waals surface area contributed by atoms with Crippen LogP contribution in [0, 0.1) is 0 Å². The third-order valence-electron chi connectivity index (χ3n) is 4.01. The minimum Gasteiger partial charge on any atom is -0.493 e. The maximum atomic E-state index is 12.3. The van der Waals surface area contributed by atoms with E-state index in [1.165, 1.54) is 31.5 Å². The average molecular weight is 388 g/mol. The molecule has 1 N–H and O–H groups in total. The highest BCUT2D eigenvalue weighted by atomic mass is 19.3. The van der Waals surface area contributed by atoms with Crippen LogP contribution in [0.2, 0.25) is 0 Å². The number of carbonyl (C=O) groups excluding carboxylic acids is 1. The molecule has 3 aromatic rings. The monoisotopic (exact) mass is 388 g/mol. The number of rotatable bonds is 7. The van der Waals surface area contributed by atoms with Gasteiger partial charge in [0.15, 0.2) is 11.5 Å². The van der Waals surface area contributed by atoms with E-state index in [9.17, 15) is 13.6 Å². The number of benzene rings is 2. The smallest absolute Gasteiger partial charge is 0.387 e. The van der Waals surface area contributed by atoms with Crippen molar-refractivity contribution in [1.82, 2.24) is 15.0 Å². The zero-order valence-corrected chi connectivity index (χ0v) is 15.2. The Hall–Kier alpha value is -3.49. The third-order valence-corrected chi connectivity index (χ3v) is 4.01. The largest absolute Gasteiger partial charge is 0.493 e. The van der Waals surface area contributed by atoms with Crippen molar-refractivity contribution in [1.29, 1.82) is 0 Å². The number of hydrogen-bond donors (Lipinski definition) is 1. The SMILES string of the molecule is COc1cc(/C=N\NC(=O)Cc2nc3ccccc3n2C)ccc1OC(F)F. The molecule has 0 unspecified atom stereocenters. The first-order valence-corrected chi connectivity index (χ1v) is 8.33. The van der Waals surface area contributed by atoms with Crippen molar-refractivity contribution in [2.75, 3.05) is 7.11 Å². The first-order chi connectivity index (χ1) is 13.5. The van der Waals surface area contributed by atoms with Gasteiger partial charge in [-0.15, -0.1) is 0 Å². The molecule has 146 valence electrons. The van der Waals surface area contributed by atoms with E-state index in [4.69, 9.17) is 4.74 Å². The van der Waals surface area contributed by atoms with E-state index in [-0.39, 0.29) is 23.8 Å². The van der Waals surface area contributed by atoms with Crippen molar-refractivity contribution >= 4 is 23.2 Å². The maximum Gasteiger partial charge on any atom is 0.387 e. The lowest BCUT2D eigenvalue weighted by Gasteiger charge is -2.09. The van der Waals surface area contributed by atoms with Crippen LogP contribution in [0.25, 0.3) is 11.0 Å². The normalized spacial score (nSPS) is 11.3. The molecule has 1 amide bonds. The van der Waals surface area contributed by atoms with Gasteiger partial charge in [-0.25, -0.2) is 10.4 Å². The summed E-state index contributed by atoms with van der Waals surface area (Å²) < 4.78 is 35.9. The van der Waals surface area contributed by atoms with E-state index >= 15 is 0 Å². The molecule has 0 saturated heterocycles. The number of aryl methyl sites for hydroxylation is 1. The number of hydrazone groups is 1. The minimum atomic E-state index is -2.95. The van der Waals surface area contributed by atoms with Crippen molar-refractivity contribution in [3.8, 4) is 11.5 Å². The molecule has 7 nitrogen and oxygen atoms in total. The van der Waals surface area contributed by atoms with Gasteiger partial charge in [-0.1, -0.05) is 12.1 Å². The van der Waals surface area contributed by atoms with Gasteiger partial charge in [0.2, 0.25) is 5.91 Å². The van der Waals surface area contributed by atoms with Crippen LogP contribution in [0.1, 0.15) is 11.4 Å². The van der Waals surface area contributed by atoms with Gasteiger partial charge >= 0.3 is 6.61 Å². The molecule has 0 radical (unpaired) electrons. The molecule has 1 aromatic heterocycles. The highest BCUT2D eigenvalue weighted by Crippen LogP contribution is 2.28. The summed E-state index contributed by atoms with van der Waals surface area (Å²) in [5.41, 5.74) is 4.72. The van der Waals surface area contributed by atoms with Crippen LogP contribution in [-0.2, 0) is 18.3 Å². The van der Waals surface area contributed by atoms with E-state index in [0.717, 1.165) is 11.0 Å². The Morgan fingerprint density at radius 3 is 2.79 bits per heavy atom. The lowest BCUT2D eigenvalue weighted by Crippen LogP contribution is -2.21. The van der Waals surface area contributed by atoms with E-state index in [2.05, 4.69) is 20.2 Å². The summed E-state index contributed by atoms with van der Waals surface area (Å²) in [7, 11) is 3.18. The molecule has 0 atom stereocenters. The molecule has 0 saturated carbocycles. The molecule has 2 aromatic carbocycles. The molecule has 0 bridgehead atoms. The predicted octanol–water partition coefficient (Wildman–Crippen LogP) is 2.88. The number of alkyl halides is 2. The van der Waals surface area contributed by atoms with Gasteiger partial charge in [-0.05, 0) is 35.9 Å². The fraction of sp³-hybridized carbons (Fsp3) is 0.211. The number of ether oxygens (including phenoxy) is 2. The van der Waals surface area contributed by atoms with E-state index in [1.54, 1.807) is 0 Å². The fourth-order valence-electron chi connectivity index (χ4n) is 2.67. The topological polar surface area (TPSA) is 77.7 Å². The number of nitrogens with zero attached hydrogens (tertiary/aromatic N) is 3. The molecule has 0 aliphatic carbocycles. The lowest BCUT2D eigenvalue weighted by atomic mass is 10.2. The van der Waals surface area contributed by atoms with Crippen LogP contribution in [0.3, 0.4) is 0 Å². The van der Waals surface area contributed by atoms with Crippen LogP contribution < -0.4 is 14.9 Å². The van der Waals surface area contributed by atoms with E-state index < -0.39 is 6.61 Å². The molecule has 0 fully saturated rings. The first kappa shape index (κ1) is 19.3. The molecule has 0 aliphatic heterocycles. The number of amides is 1.